The summed E-state index contributed by atoms with van der Waals surface area (Å²) in [5.74, 6) is 0. The molecule has 4 N–H and O–H groups in total. The molecule has 0 spiro atoms. The van der Waals surface area contributed by atoms with Crippen molar-refractivity contribution in [2.45, 2.75) is 19.6 Å². The van der Waals surface area contributed by atoms with Gasteiger partial charge >= 0.3 is 31.6 Å². The predicted molar refractivity (Wildman–Crippen MR) is 163 cm³/mol. The Hall–Kier alpha value is -4.13. The third-order valence-corrected chi connectivity index (χ3v) is 9.52. The highest BCUT2D eigenvalue weighted by Crippen LogP contribution is 2.31. The van der Waals surface area contributed by atoms with E-state index in [0.29, 0.717) is 11.4 Å². The van der Waals surface area contributed by atoms with Gasteiger partial charge < -0.3 is 11.5 Å². The number of nitrogens with two attached hydrogens (primary N) is 2. The zero-order valence-electron chi connectivity index (χ0n) is 23.2. The normalized spacial score (nSPS) is 13.0. The van der Waals surface area contributed by atoms with Crippen LogP contribution in [0.2, 0.25) is 0 Å². The fourth-order valence-corrected chi connectivity index (χ4v) is 6.44. The second-order valence-corrected chi connectivity index (χ2v) is 15.8. The van der Waals surface area contributed by atoms with Gasteiger partial charge in [-0.25, -0.2) is 16.8 Å². The SMILES string of the molecule is Nc1ccc(S(=O)(=O)c2ccc(N)cc2)cc1.O=S(=O)(c1ccc(N=S(=O)(F)F)cc1)c1ccc(N=S(=O)(F)F)cc1.O=S(F)(F)(F)F. The molecule has 4 aromatic carbocycles. The van der Waals surface area contributed by atoms with E-state index in [-0.39, 0.29) is 31.0 Å². The van der Waals surface area contributed by atoms with E-state index in [1.165, 1.54) is 24.3 Å². The van der Waals surface area contributed by atoms with Gasteiger partial charge in [0.25, 0.3) is 0 Å². The van der Waals surface area contributed by atoms with Crippen molar-refractivity contribution in [1.29, 1.82) is 0 Å². The smallest absolute Gasteiger partial charge is 0.399 e. The molecule has 0 aliphatic rings. The molecular formula is C24H20F8N4O7S5. The number of benzene rings is 4. The molecule has 0 amide bonds. The molecule has 0 radical (unpaired) electrons. The molecule has 0 fully saturated rings. The van der Waals surface area contributed by atoms with Gasteiger partial charge in [0.05, 0.1) is 31.0 Å². The maximum atomic E-state index is 12.4. The molecule has 0 aromatic heterocycles. The van der Waals surface area contributed by atoms with Gasteiger partial charge in [-0.2, -0.15) is 12.6 Å². The van der Waals surface area contributed by atoms with E-state index in [9.17, 15) is 56.3 Å². The van der Waals surface area contributed by atoms with Crippen molar-refractivity contribution in [3.63, 3.8) is 0 Å². The number of hydrogen-bond donors (Lipinski definition) is 2. The average Bonchev–Trinajstić information content (AvgIpc) is 2.91. The summed E-state index contributed by atoms with van der Waals surface area (Å²) in [5.41, 5.74) is 11.3. The summed E-state index contributed by atoms with van der Waals surface area (Å²) < 4.78 is 172. The van der Waals surface area contributed by atoms with Crippen LogP contribution in [0, 0.1) is 0 Å². The Morgan fingerprint density at radius 2 is 0.625 bits per heavy atom. The summed E-state index contributed by atoms with van der Waals surface area (Å²) >= 11 is 0. The van der Waals surface area contributed by atoms with Crippen LogP contribution in [0.15, 0.2) is 125 Å². The second-order valence-electron chi connectivity index (χ2n) is 8.71. The first kappa shape index (κ1) is 40.0. The molecular weight excluding hydrogens is 769 g/mol. The number of anilines is 2. The molecule has 0 unspecified atom stereocenters. The largest absolute Gasteiger partial charge is 0.456 e. The quantitative estimate of drug-likeness (QED) is 0.115. The second kappa shape index (κ2) is 14.6. The molecule has 0 bridgehead atoms. The highest BCUT2D eigenvalue weighted by atomic mass is 32.4. The molecule has 11 nitrogen and oxygen atoms in total. The monoisotopic (exact) mass is 788 g/mol. The molecule has 0 aliphatic carbocycles. The van der Waals surface area contributed by atoms with Crippen molar-refractivity contribution >= 4 is 74.0 Å². The maximum absolute atomic E-state index is 12.4. The van der Waals surface area contributed by atoms with Crippen LogP contribution in [0.3, 0.4) is 0 Å². The number of halogens is 8. The van der Waals surface area contributed by atoms with Crippen LogP contribution in [0.25, 0.3) is 0 Å². The molecule has 4 aromatic rings. The lowest BCUT2D eigenvalue weighted by Crippen LogP contribution is -2.02. The van der Waals surface area contributed by atoms with Crippen LogP contribution in [-0.2, 0) is 51.3 Å². The summed E-state index contributed by atoms with van der Waals surface area (Å²) in [4.78, 5) is -0.117. The number of rotatable bonds is 6. The van der Waals surface area contributed by atoms with Crippen LogP contribution in [0.4, 0.5) is 53.8 Å². The third-order valence-electron chi connectivity index (χ3n) is 5.10. The van der Waals surface area contributed by atoms with Gasteiger partial charge in [0.1, 0.15) is 0 Å². The van der Waals surface area contributed by atoms with Gasteiger partial charge in [-0.05, 0) is 97.1 Å². The molecule has 0 saturated carbocycles. The van der Waals surface area contributed by atoms with E-state index in [1.54, 1.807) is 24.3 Å². The lowest BCUT2D eigenvalue weighted by molar-refractivity contribution is 0.403. The Labute approximate surface area is 270 Å². The Bertz CT molecular complexity index is 2130. The fourth-order valence-electron chi connectivity index (χ4n) is 3.18. The van der Waals surface area contributed by atoms with Crippen LogP contribution in [0.5, 0.6) is 0 Å². The molecule has 0 heterocycles. The summed E-state index contributed by atoms with van der Waals surface area (Å²) in [6.45, 7) is 0. The Kier molecular flexibility index (Phi) is 12.1. The summed E-state index contributed by atoms with van der Waals surface area (Å²) in [6, 6.07) is 19.9. The van der Waals surface area contributed by atoms with Gasteiger partial charge in [0.2, 0.25) is 19.7 Å². The van der Waals surface area contributed by atoms with Gasteiger partial charge in [0, 0.05) is 11.4 Å². The van der Waals surface area contributed by atoms with Crippen molar-refractivity contribution in [2.24, 2.45) is 8.73 Å². The van der Waals surface area contributed by atoms with Crippen molar-refractivity contribution in [1.82, 2.24) is 0 Å². The lowest BCUT2D eigenvalue weighted by Gasteiger charge is -2.05. The number of nitrogen functional groups attached to an aromatic ring is 2. The van der Waals surface area contributed by atoms with Crippen molar-refractivity contribution in [3.05, 3.63) is 97.1 Å². The van der Waals surface area contributed by atoms with Crippen LogP contribution >= 0.6 is 0 Å². The molecule has 48 heavy (non-hydrogen) atoms. The summed E-state index contributed by atoms with van der Waals surface area (Å²) in [7, 11) is -26.4. The first-order chi connectivity index (χ1) is 21.6. The van der Waals surface area contributed by atoms with Gasteiger partial charge in [-0.3, -0.25) is 0 Å². The van der Waals surface area contributed by atoms with Crippen molar-refractivity contribution in [3.8, 4) is 0 Å². The van der Waals surface area contributed by atoms with E-state index in [2.05, 4.69) is 8.73 Å². The summed E-state index contributed by atoms with van der Waals surface area (Å²) in [6.07, 6.45) is 0. The first-order valence-electron chi connectivity index (χ1n) is 11.9. The lowest BCUT2D eigenvalue weighted by atomic mass is 10.3. The van der Waals surface area contributed by atoms with Crippen molar-refractivity contribution < 1.29 is 60.5 Å². The topological polar surface area (TPSA) is 196 Å². The average molecular weight is 789 g/mol. The highest BCUT2D eigenvalue weighted by Gasteiger charge is 2.33. The zero-order valence-corrected chi connectivity index (χ0v) is 27.3. The van der Waals surface area contributed by atoms with Crippen LogP contribution < -0.4 is 11.5 Å². The maximum Gasteiger partial charge on any atom is 0.456 e. The van der Waals surface area contributed by atoms with E-state index in [1.807, 2.05) is 0 Å². The van der Waals surface area contributed by atoms with E-state index in [0.717, 1.165) is 48.5 Å². The standard InChI is InChI=1S/C12H8F4N2O4S3.C12H12N2O2S.F4OS/c13-24(14,21)17-9-1-5-11(6-2-9)23(19,20)12-7-3-10(4-8-12)18-25(15,16)22;13-9-1-5-11(6-2-9)17(15,16)12-7-3-10(14)4-8-12;1-6(2,3,4)5/h1-8H;1-8H,13-14H2;. The zero-order chi connectivity index (χ0) is 36.8. The molecule has 0 saturated heterocycles. The molecule has 24 heteroatoms. The predicted octanol–water partition coefficient (Wildman–Crippen LogP) is 7.28. The number of sulfone groups is 2. The molecule has 264 valence electrons. The number of hydrogen-bond acceptors (Lipinski definition) is 11. The molecule has 0 aliphatic heterocycles. The first-order valence-corrected chi connectivity index (χ1v) is 19.1. The highest BCUT2D eigenvalue weighted by molar-refractivity contribution is 8.01. The minimum atomic E-state index is -8.10. The van der Waals surface area contributed by atoms with Gasteiger partial charge in [0.15, 0.2) is 0 Å². The van der Waals surface area contributed by atoms with Crippen LogP contribution in [-0.4, -0.2) is 29.5 Å². The van der Waals surface area contributed by atoms with Gasteiger partial charge in [-0.1, -0.05) is 31.1 Å². The van der Waals surface area contributed by atoms with Gasteiger partial charge in [-0.15, -0.1) is 8.73 Å². The fraction of sp³-hybridized carbons (Fsp3) is 0. The minimum absolute atomic E-state index is 0.219. The molecule has 0 atom stereocenters. The van der Waals surface area contributed by atoms with Crippen molar-refractivity contribution in [2.75, 3.05) is 11.5 Å². The molecule has 4 rings (SSSR count). The van der Waals surface area contributed by atoms with E-state index in [4.69, 9.17) is 15.7 Å². The summed E-state index contributed by atoms with van der Waals surface area (Å²) in [5, 5.41) is 0. The van der Waals surface area contributed by atoms with E-state index >= 15 is 0 Å². The Morgan fingerprint density at radius 1 is 0.438 bits per heavy atom. The Morgan fingerprint density at radius 3 is 0.812 bits per heavy atom. The third kappa shape index (κ3) is 14.3. The minimum Gasteiger partial charge on any atom is -0.399 e. The van der Waals surface area contributed by atoms with Crippen LogP contribution in [0.1, 0.15) is 0 Å². The number of nitrogens with zero attached hydrogens (tertiary/aromatic N) is 2. The van der Waals surface area contributed by atoms with E-state index < -0.39 is 51.3 Å². The Balaban J connectivity index is 0.000000299.